The van der Waals surface area contributed by atoms with Crippen molar-refractivity contribution in [1.29, 1.82) is 0 Å². The molecule has 0 saturated carbocycles. The highest BCUT2D eigenvalue weighted by Gasteiger charge is 2.29. The van der Waals surface area contributed by atoms with E-state index in [9.17, 15) is 4.79 Å². The maximum Gasteiger partial charge on any atom is 0.276 e. The fourth-order valence-corrected chi connectivity index (χ4v) is 2.07. The number of nitrogens with zero attached hydrogens (tertiary/aromatic N) is 2. The Morgan fingerprint density at radius 2 is 2.60 bits per heavy atom. The van der Waals surface area contributed by atoms with Crippen molar-refractivity contribution >= 4 is 5.91 Å². The molecule has 0 radical (unpaired) electrons. The molecule has 1 fully saturated rings. The highest BCUT2D eigenvalue weighted by Crippen LogP contribution is 2.21. The molecule has 1 unspecified atom stereocenters. The number of aromatic nitrogens is 1. The van der Waals surface area contributed by atoms with E-state index in [1.54, 1.807) is 6.07 Å². The number of carbonyl (C=O) groups excluding carboxylic acids is 1. The zero-order valence-corrected chi connectivity index (χ0v) is 8.56. The fourth-order valence-electron chi connectivity index (χ4n) is 2.07. The number of rotatable bonds is 3. The molecular weight excluding hydrogens is 194 g/mol. The Balaban J connectivity index is 2.06. The summed E-state index contributed by atoms with van der Waals surface area (Å²) in [5.41, 5.74) is 5.91. The van der Waals surface area contributed by atoms with E-state index >= 15 is 0 Å². The molecule has 2 N–H and O–H groups in total. The summed E-state index contributed by atoms with van der Waals surface area (Å²) in [6.45, 7) is 1.42. The molecule has 0 aromatic carbocycles. The highest BCUT2D eigenvalue weighted by molar-refractivity contribution is 5.92. The summed E-state index contributed by atoms with van der Waals surface area (Å²) in [5.74, 6) is -0.0419. The van der Waals surface area contributed by atoms with Crippen molar-refractivity contribution in [2.24, 2.45) is 5.73 Å². The summed E-state index contributed by atoms with van der Waals surface area (Å²) in [4.78, 5) is 13.8. The van der Waals surface area contributed by atoms with Crippen LogP contribution in [-0.2, 0) is 0 Å². The van der Waals surface area contributed by atoms with E-state index in [0.29, 0.717) is 12.2 Å². The van der Waals surface area contributed by atoms with E-state index in [1.807, 2.05) is 4.90 Å². The van der Waals surface area contributed by atoms with Gasteiger partial charge in [-0.1, -0.05) is 5.16 Å². The van der Waals surface area contributed by atoms with Crippen LogP contribution < -0.4 is 5.73 Å². The van der Waals surface area contributed by atoms with Gasteiger partial charge in [0.2, 0.25) is 0 Å². The molecule has 5 heteroatoms. The van der Waals surface area contributed by atoms with Gasteiger partial charge < -0.3 is 15.2 Å². The first-order valence-electron chi connectivity index (χ1n) is 5.24. The van der Waals surface area contributed by atoms with Crippen LogP contribution in [0.5, 0.6) is 0 Å². The third-order valence-electron chi connectivity index (χ3n) is 2.79. The number of likely N-dealkylation sites (tertiary alicyclic amines) is 1. The number of hydrogen-bond acceptors (Lipinski definition) is 4. The van der Waals surface area contributed by atoms with E-state index in [1.165, 1.54) is 6.26 Å². The predicted molar refractivity (Wildman–Crippen MR) is 54.2 cm³/mol. The molecule has 2 rings (SSSR count). The Morgan fingerprint density at radius 3 is 3.27 bits per heavy atom. The second-order valence-electron chi connectivity index (χ2n) is 3.76. The van der Waals surface area contributed by atoms with Crippen molar-refractivity contribution in [3.05, 3.63) is 18.0 Å². The molecule has 15 heavy (non-hydrogen) atoms. The lowest BCUT2D eigenvalue weighted by Crippen LogP contribution is -2.36. The number of amides is 1. The first-order chi connectivity index (χ1) is 7.33. The van der Waals surface area contributed by atoms with E-state index in [0.717, 1.165) is 25.8 Å². The van der Waals surface area contributed by atoms with Gasteiger partial charge in [-0.3, -0.25) is 4.79 Å². The van der Waals surface area contributed by atoms with Crippen molar-refractivity contribution in [3.8, 4) is 0 Å². The van der Waals surface area contributed by atoms with Crippen LogP contribution in [0, 0.1) is 0 Å². The Morgan fingerprint density at radius 1 is 1.73 bits per heavy atom. The lowest BCUT2D eigenvalue weighted by Gasteiger charge is -2.23. The summed E-state index contributed by atoms with van der Waals surface area (Å²) >= 11 is 0. The summed E-state index contributed by atoms with van der Waals surface area (Å²) in [6, 6.07) is 1.87. The minimum Gasteiger partial charge on any atom is -0.364 e. The van der Waals surface area contributed by atoms with E-state index in [4.69, 9.17) is 5.73 Å². The topological polar surface area (TPSA) is 72.4 Å². The maximum atomic E-state index is 12.0. The van der Waals surface area contributed by atoms with Crippen molar-refractivity contribution < 1.29 is 9.32 Å². The van der Waals surface area contributed by atoms with Crippen LogP contribution in [-0.4, -0.2) is 35.1 Å². The van der Waals surface area contributed by atoms with Gasteiger partial charge >= 0.3 is 0 Å². The molecule has 2 heterocycles. The second kappa shape index (κ2) is 4.44. The van der Waals surface area contributed by atoms with Crippen LogP contribution in [0.15, 0.2) is 16.9 Å². The van der Waals surface area contributed by atoms with Gasteiger partial charge in [-0.15, -0.1) is 0 Å². The monoisotopic (exact) mass is 209 g/mol. The van der Waals surface area contributed by atoms with Crippen LogP contribution in [0.4, 0.5) is 0 Å². The quantitative estimate of drug-likeness (QED) is 0.792. The van der Waals surface area contributed by atoms with Crippen molar-refractivity contribution in [3.63, 3.8) is 0 Å². The molecule has 1 amide bonds. The van der Waals surface area contributed by atoms with Crippen LogP contribution in [0.1, 0.15) is 29.8 Å². The zero-order chi connectivity index (χ0) is 10.7. The highest BCUT2D eigenvalue weighted by atomic mass is 16.5. The number of hydrogen-bond donors (Lipinski definition) is 1. The molecule has 0 bridgehead atoms. The Labute approximate surface area is 88.2 Å². The molecule has 1 aliphatic rings. The normalized spacial score (nSPS) is 20.9. The smallest absolute Gasteiger partial charge is 0.276 e. The predicted octanol–water partition coefficient (Wildman–Crippen LogP) is 0.628. The molecule has 1 atom stereocenters. The van der Waals surface area contributed by atoms with E-state index in [2.05, 4.69) is 9.68 Å². The largest absolute Gasteiger partial charge is 0.364 e. The van der Waals surface area contributed by atoms with Gasteiger partial charge in [0.05, 0.1) is 0 Å². The molecule has 1 saturated heterocycles. The third-order valence-corrected chi connectivity index (χ3v) is 2.79. The van der Waals surface area contributed by atoms with Gasteiger partial charge in [-0.05, 0) is 25.8 Å². The summed E-state index contributed by atoms with van der Waals surface area (Å²) in [6.07, 6.45) is 4.37. The van der Waals surface area contributed by atoms with Crippen molar-refractivity contribution in [2.75, 3.05) is 13.1 Å². The summed E-state index contributed by atoms with van der Waals surface area (Å²) in [7, 11) is 0. The molecule has 0 aliphatic carbocycles. The lowest BCUT2D eigenvalue weighted by atomic mass is 10.1. The Hall–Kier alpha value is -1.36. The van der Waals surface area contributed by atoms with Crippen LogP contribution in [0.25, 0.3) is 0 Å². The van der Waals surface area contributed by atoms with Gasteiger partial charge in [0.25, 0.3) is 5.91 Å². The standard InChI is InChI=1S/C10H15N3O2/c11-5-3-8-2-1-6-13(8)10(14)9-4-7-15-12-9/h4,7-8H,1-3,5-6,11H2. The molecular formula is C10H15N3O2. The van der Waals surface area contributed by atoms with Crippen LogP contribution >= 0.6 is 0 Å². The minimum absolute atomic E-state index is 0.0419. The SMILES string of the molecule is NCCC1CCCN1C(=O)c1ccon1. The van der Waals surface area contributed by atoms with E-state index < -0.39 is 0 Å². The second-order valence-corrected chi connectivity index (χ2v) is 3.76. The Bertz CT molecular complexity index is 323. The lowest BCUT2D eigenvalue weighted by molar-refractivity contribution is 0.0721. The maximum absolute atomic E-state index is 12.0. The van der Waals surface area contributed by atoms with E-state index in [-0.39, 0.29) is 11.9 Å². The molecule has 0 spiro atoms. The molecule has 1 aliphatic heterocycles. The molecule has 82 valence electrons. The summed E-state index contributed by atoms with van der Waals surface area (Å²) < 4.78 is 4.67. The number of nitrogens with two attached hydrogens (primary N) is 1. The minimum atomic E-state index is -0.0419. The molecule has 5 nitrogen and oxygen atoms in total. The number of carbonyl (C=O) groups is 1. The van der Waals surface area contributed by atoms with Crippen molar-refractivity contribution in [1.82, 2.24) is 10.1 Å². The van der Waals surface area contributed by atoms with Crippen molar-refractivity contribution in [2.45, 2.75) is 25.3 Å². The first kappa shape index (κ1) is 10.2. The average molecular weight is 209 g/mol. The van der Waals surface area contributed by atoms with Crippen LogP contribution in [0.2, 0.25) is 0 Å². The zero-order valence-electron chi connectivity index (χ0n) is 8.56. The van der Waals surface area contributed by atoms with Gasteiger partial charge in [0.15, 0.2) is 5.69 Å². The summed E-state index contributed by atoms with van der Waals surface area (Å²) in [5, 5.41) is 3.66. The fraction of sp³-hybridized carbons (Fsp3) is 0.600. The van der Waals surface area contributed by atoms with Gasteiger partial charge in [-0.2, -0.15) is 0 Å². The third kappa shape index (κ3) is 2.02. The molecule has 1 aromatic heterocycles. The first-order valence-corrected chi connectivity index (χ1v) is 5.24. The van der Waals surface area contributed by atoms with Gasteiger partial charge in [0.1, 0.15) is 6.26 Å². The van der Waals surface area contributed by atoms with Crippen LogP contribution in [0.3, 0.4) is 0 Å². The van der Waals surface area contributed by atoms with Gasteiger partial charge in [-0.25, -0.2) is 0 Å². The average Bonchev–Trinajstić information content (AvgIpc) is 2.87. The van der Waals surface area contributed by atoms with Gasteiger partial charge in [0, 0.05) is 18.7 Å². The Kier molecular flexibility index (Phi) is 3.01. The molecule has 1 aromatic rings.